The Morgan fingerprint density at radius 3 is 2.50 bits per heavy atom. The number of benzene rings is 1. The fraction of sp³-hybridized carbons (Fsp3) is 0.462. The molecular weight excluding hydrogens is 341 g/mol. The maximum Gasteiger partial charge on any atom is 0.417 e. The molecule has 1 aromatic carbocycles. The largest absolute Gasteiger partial charge is 0.417 e. The van der Waals surface area contributed by atoms with Crippen molar-refractivity contribution in [2.45, 2.75) is 36.4 Å². The molecule has 120 valence electrons. The normalized spacial score (nSPS) is 15.8. The van der Waals surface area contributed by atoms with Crippen molar-refractivity contribution >= 4 is 21.6 Å². The number of hydrogen-bond donors (Lipinski definition) is 0. The Kier molecular flexibility index (Phi) is 4.70. The van der Waals surface area contributed by atoms with Crippen molar-refractivity contribution in [1.82, 2.24) is 4.31 Å². The van der Waals surface area contributed by atoms with Gasteiger partial charge in [0.25, 0.3) is 0 Å². The van der Waals surface area contributed by atoms with Crippen molar-refractivity contribution in [3.8, 4) is 6.07 Å². The van der Waals surface area contributed by atoms with Crippen LogP contribution in [-0.2, 0) is 16.2 Å². The zero-order chi connectivity index (χ0) is 16.5. The number of rotatable bonds is 5. The highest BCUT2D eigenvalue weighted by Gasteiger charge is 2.43. The minimum atomic E-state index is -4.84. The molecule has 2 rings (SSSR count). The molecule has 22 heavy (non-hydrogen) atoms. The maximum atomic E-state index is 13.1. The predicted octanol–water partition coefficient (Wildman–Crippen LogP) is 3.43. The summed E-state index contributed by atoms with van der Waals surface area (Å²) in [5.41, 5.74) is -1.29. The average molecular weight is 353 g/mol. The van der Waals surface area contributed by atoms with Crippen molar-refractivity contribution < 1.29 is 21.6 Å². The van der Waals surface area contributed by atoms with Gasteiger partial charge in [0.05, 0.1) is 16.5 Å². The van der Waals surface area contributed by atoms with Crippen LogP contribution in [0.4, 0.5) is 13.2 Å². The van der Waals surface area contributed by atoms with E-state index < -0.39 is 26.7 Å². The number of halogens is 4. The molecule has 0 spiro atoms. The zero-order valence-electron chi connectivity index (χ0n) is 11.3. The average Bonchev–Trinajstić information content (AvgIpc) is 3.22. The highest BCUT2D eigenvalue weighted by atomic mass is 35.5. The van der Waals surface area contributed by atoms with Gasteiger partial charge in [-0.15, -0.1) is 0 Å². The monoisotopic (exact) mass is 352 g/mol. The van der Waals surface area contributed by atoms with Gasteiger partial charge < -0.3 is 0 Å². The molecule has 0 bridgehead atoms. The third-order valence-electron chi connectivity index (χ3n) is 3.23. The SMILES string of the molecule is N#CCCN(C1CC1)S(=O)(=O)c1ccc(Cl)cc1C(F)(F)F. The highest BCUT2D eigenvalue weighted by molar-refractivity contribution is 7.89. The van der Waals surface area contributed by atoms with Crippen LogP contribution in [0.15, 0.2) is 23.1 Å². The summed E-state index contributed by atoms with van der Waals surface area (Å²) in [6, 6.07) is 4.05. The van der Waals surface area contributed by atoms with Crippen molar-refractivity contribution in [1.29, 1.82) is 5.26 Å². The highest BCUT2D eigenvalue weighted by Crippen LogP contribution is 2.39. The summed E-state index contributed by atoms with van der Waals surface area (Å²) in [5.74, 6) is 0. The molecule has 0 aliphatic heterocycles. The lowest BCUT2D eigenvalue weighted by Crippen LogP contribution is -2.35. The molecular formula is C13H12ClF3N2O2S. The molecule has 0 saturated heterocycles. The van der Waals surface area contributed by atoms with E-state index in [0.29, 0.717) is 18.9 Å². The topological polar surface area (TPSA) is 61.2 Å². The van der Waals surface area contributed by atoms with Gasteiger partial charge in [-0.2, -0.15) is 22.7 Å². The van der Waals surface area contributed by atoms with Gasteiger partial charge in [-0.1, -0.05) is 11.6 Å². The molecule has 4 nitrogen and oxygen atoms in total. The maximum absolute atomic E-state index is 13.1. The molecule has 0 unspecified atom stereocenters. The fourth-order valence-electron chi connectivity index (χ4n) is 2.10. The van der Waals surface area contributed by atoms with Gasteiger partial charge in [0.15, 0.2) is 0 Å². The summed E-state index contributed by atoms with van der Waals surface area (Å²) in [6.07, 6.45) is -3.75. The Morgan fingerprint density at radius 2 is 2.00 bits per heavy atom. The van der Waals surface area contributed by atoms with Crippen LogP contribution in [0.1, 0.15) is 24.8 Å². The standard InChI is InChI=1S/C13H12ClF3N2O2S/c14-9-2-5-12(11(8-9)13(15,16)17)22(20,21)19(7-1-6-18)10-3-4-10/h2,5,8,10H,1,3-4,7H2. The van der Waals surface area contributed by atoms with Gasteiger partial charge in [0.1, 0.15) is 0 Å². The van der Waals surface area contributed by atoms with Crippen LogP contribution in [-0.4, -0.2) is 25.3 Å². The van der Waals surface area contributed by atoms with Crippen LogP contribution in [0.25, 0.3) is 0 Å². The molecule has 1 fully saturated rings. The first-order chi connectivity index (χ1) is 10.2. The van der Waals surface area contributed by atoms with E-state index in [9.17, 15) is 21.6 Å². The number of nitrogens with zero attached hydrogens (tertiary/aromatic N) is 2. The lowest BCUT2D eigenvalue weighted by Gasteiger charge is -2.23. The van der Waals surface area contributed by atoms with Gasteiger partial charge in [0.2, 0.25) is 10.0 Å². The van der Waals surface area contributed by atoms with Crippen LogP contribution in [0, 0.1) is 11.3 Å². The summed E-state index contributed by atoms with van der Waals surface area (Å²) in [4.78, 5) is -0.825. The van der Waals surface area contributed by atoms with Crippen molar-refractivity contribution in [2.24, 2.45) is 0 Å². The summed E-state index contributed by atoms with van der Waals surface area (Å²) in [6.45, 7) is -0.122. The third kappa shape index (κ3) is 3.54. The van der Waals surface area contributed by atoms with Gasteiger partial charge in [-0.25, -0.2) is 8.42 Å². The molecule has 1 aromatic rings. The van der Waals surface area contributed by atoms with E-state index in [-0.39, 0.29) is 24.0 Å². The number of nitriles is 1. The summed E-state index contributed by atoms with van der Waals surface area (Å²) >= 11 is 5.56. The van der Waals surface area contributed by atoms with Crippen LogP contribution < -0.4 is 0 Å². The Bertz CT molecular complexity index is 709. The van der Waals surface area contributed by atoms with E-state index in [4.69, 9.17) is 16.9 Å². The molecule has 9 heteroatoms. The second-order valence-electron chi connectivity index (χ2n) is 4.89. The molecule has 0 aromatic heterocycles. The summed E-state index contributed by atoms with van der Waals surface area (Å²) < 4.78 is 65.4. The number of sulfonamides is 1. The molecule has 0 atom stereocenters. The van der Waals surface area contributed by atoms with E-state index in [0.717, 1.165) is 16.4 Å². The van der Waals surface area contributed by atoms with Gasteiger partial charge in [-0.05, 0) is 31.0 Å². The van der Waals surface area contributed by atoms with Crippen LogP contribution >= 0.6 is 11.6 Å². The Hall–Kier alpha value is -1.30. The lowest BCUT2D eigenvalue weighted by atomic mass is 10.2. The minimum absolute atomic E-state index is 0.0787. The Morgan fingerprint density at radius 1 is 1.36 bits per heavy atom. The molecule has 1 saturated carbocycles. The molecule has 0 N–H and O–H groups in total. The second kappa shape index (κ2) is 6.07. The predicted molar refractivity (Wildman–Crippen MR) is 73.6 cm³/mol. The van der Waals surface area contributed by atoms with Crippen molar-refractivity contribution in [3.05, 3.63) is 28.8 Å². The first kappa shape index (κ1) is 17.1. The van der Waals surface area contributed by atoms with E-state index >= 15 is 0 Å². The quantitative estimate of drug-likeness (QED) is 0.815. The molecule has 0 radical (unpaired) electrons. The van der Waals surface area contributed by atoms with E-state index in [1.165, 1.54) is 0 Å². The van der Waals surface area contributed by atoms with Gasteiger partial charge in [0, 0.05) is 24.0 Å². The van der Waals surface area contributed by atoms with Gasteiger partial charge in [-0.3, -0.25) is 0 Å². The molecule has 0 heterocycles. The molecule has 1 aliphatic carbocycles. The lowest BCUT2D eigenvalue weighted by molar-refractivity contribution is -0.139. The van der Waals surface area contributed by atoms with E-state index in [1.807, 2.05) is 6.07 Å². The number of hydrogen-bond acceptors (Lipinski definition) is 3. The minimum Gasteiger partial charge on any atom is -0.207 e. The molecule has 1 aliphatic rings. The van der Waals surface area contributed by atoms with Crippen molar-refractivity contribution in [2.75, 3.05) is 6.54 Å². The van der Waals surface area contributed by atoms with Crippen molar-refractivity contribution in [3.63, 3.8) is 0 Å². The number of alkyl halides is 3. The smallest absolute Gasteiger partial charge is 0.207 e. The third-order valence-corrected chi connectivity index (χ3v) is 5.48. The summed E-state index contributed by atoms with van der Waals surface area (Å²) in [7, 11) is -4.34. The Labute approximate surface area is 131 Å². The first-order valence-corrected chi connectivity index (χ1v) is 8.25. The summed E-state index contributed by atoms with van der Waals surface area (Å²) in [5, 5.41) is 8.41. The molecule has 0 amide bonds. The van der Waals surface area contributed by atoms with Crippen LogP contribution in [0.2, 0.25) is 5.02 Å². The second-order valence-corrected chi connectivity index (χ2v) is 7.19. The zero-order valence-corrected chi connectivity index (χ0v) is 12.8. The van der Waals surface area contributed by atoms with E-state index in [2.05, 4.69) is 0 Å². The fourth-order valence-corrected chi connectivity index (χ4v) is 4.15. The van der Waals surface area contributed by atoms with E-state index in [1.54, 1.807) is 0 Å². The first-order valence-electron chi connectivity index (χ1n) is 6.43. The van der Waals surface area contributed by atoms with Crippen LogP contribution in [0.5, 0.6) is 0 Å². The Balaban J connectivity index is 2.51. The van der Waals surface area contributed by atoms with Crippen LogP contribution in [0.3, 0.4) is 0 Å². The van der Waals surface area contributed by atoms with Gasteiger partial charge >= 0.3 is 6.18 Å².